The number of rotatable bonds is 2. The molecule has 2 aromatic rings. The summed E-state index contributed by atoms with van der Waals surface area (Å²) in [6, 6.07) is 0.912. The molecule has 0 N–H and O–H groups in total. The molecule has 0 bridgehead atoms. The Morgan fingerprint density at radius 3 is 2.65 bits per heavy atom. The predicted molar refractivity (Wildman–Crippen MR) is 82.9 cm³/mol. The smallest absolute Gasteiger partial charge is 0.349 e. The molecule has 5 heteroatoms. The van der Waals surface area contributed by atoms with Gasteiger partial charge in [-0.1, -0.05) is 19.3 Å². The first-order chi connectivity index (χ1) is 9.58. The van der Waals surface area contributed by atoms with Crippen LogP contribution < -0.4 is 10.5 Å². The lowest BCUT2D eigenvalue weighted by atomic mass is 9.95. The Kier molecular flexibility index (Phi) is 3.54. The molecule has 0 spiro atoms. The Balaban J connectivity index is 2.01. The molecule has 2 aromatic heterocycles. The van der Waals surface area contributed by atoms with Gasteiger partial charge in [-0.3, -0.25) is 0 Å². The number of fused-ring (bicyclic) bond motifs is 1. The Morgan fingerprint density at radius 2 is 1.95 bits per heavy atom. The van der Waals surface area contributed by atoms with E-state index < -0.39 is 0 Å². The molecule has 0 aromatic carbocycles. The average Bonchev–Trinajstić information content (AvgIpc) is 2.74. The van der Waals surface area contributed by atoms with E-state index in [0.717, 1.165) is 28.1 Å². The molecule has 0 radical (unpaired) electrons. The number of aryl methyl sites for hydroxylation is 2. The summed E-state index contributed by atoms with van der Waals surface area (Å²) < 4.78 is 5.47. The van der Waals surface area contributed by atoms with Crippen molar-refractivity contribution in [2.24, 2.45) is 0 Å². The van der Waals surface area contributed by atoms with E-state index in [2.05, 4.69) is 4.98 Å². The van der Waals surface area contributed by atoms with Crippen LogP contribution in [0, 0.1) is 13.8 Å². The largest absolute Gasteiger partial charge is 0.388 e. The van der Waals surface area contributed by atoms with Gasteiger partial charge in [0.05, 0.1) is 0 Å². The number of thiophene rings is 1. The third-order valence-corrected chi connectivity index (χ3v) is 5.48. The minimum Gasteiger partial charge on any atom is -0.388 e. The third kappa shape index (κ3) is 2.24. The molecule has 3 rings (SSSR count). The van der Waals surface area contributed by atoms with Crippen molar-refractivity contribution >= 4 is 27.6 Å². The highest BCUT2D eigenvalue weighted by Crippen LogP contribution is 2.29. The molecule has 0 unspecified atom stereocenters. The average molecular weight is 292 g/mol. The van der Waals surface area contributed by atoms with Gasteiger partial charge in [0.2, 0.25) is 0 Å². The Morgan fingerprint density at radius 1 is 1.25 bits per heavy atom. The summed E-state index contributed by atoms with van der Waals surface area (Å²) in [7, 11) is 1.99. The van der Waals surface area contributed by atoms with Gasteiger partial charge in [-0.05, 0) is 32.3 Å². The van der Waals surface area contributed by atoms with Gasteiger partial charge >= 0.3 is 11.6 Å². The molecule has 108 valence electrons. The summed E-state index contributed by atoms with van der Waals surface area (Å²) in [6.45, 7) is 3.98. The number of hydrogen-bond donors (Lipinski definition) is 0. The summed E-state index contributed by atoms with van der Waals surface area (Å²) in [5.74, 6) is 0. The highest BCUT2D eigenvalue weighted by molar-refractivity contribution is 7.18. The van der Waals surface area contributed by atoms with E-state index in [9.17, 15) is 4.79 Å². The molecule has 0 saturated heterocycles. The van der Waals surface area contributed by atoms with Crippen LogP contribution in [0.1, 0.15) is 42.5 Å². The maximum absolute atomic E-state index is 12.2. The molecular weight excluding hydrogens is 272 g/mol. The second-order valence-electron chi connectivity index (χ2n) is 5.65. The first kappa shape index (κ1) is 13.6. The van der Waals surface area contributed by atoms with Crippen molar-refractivity contribution in [3.05, 3.63) is 20.9 Å². The van der Waals surface area contributed by atoms with Crippen LogP contribution in [0.3, 0.4) is 0 Å². The molecule has 1 aliphatic rings. The van der Waals surface area contributed by atoms with Crippen molar-refractivity contribution in [3.8, 4) is 0 Å². The molecular formula is C15H20N2O2S. The van der Waals surface area contributed by atoms with E-state index in [4.69, 9.17) is 4.42 Å². The molecule has 1 fully saturated rings. The fourth-order valence-electron chi connectivity index (χ4n) is 2.95. The first-order valence-corrected chi connectivity index (χ1v) is 8.03. The van der Waals surface area contributed by atoms with E-state index in [1.54, 1.807) is 11.3 Å². The Labute approximate surface area is 122 Å². The number of aromatic nitrogens is 1. The van der Waals surface area contributed by atoms with E-state index >= 15 is 0 Å². The third-order valence-electron chi connectivity index (χ3n) is 4.38. The molecule has 0 amide bonds. The van der Waals surface area contributed by atoms with Gasteiger partial charge in [0.15, 0.2) is 0 Å². The lowest BCUT2D eigenvalue weighted by molar-refractivity contribution is 0.396. The van der Waals surface area contributed by atoms with Crippen molar-refractivity contribution in [2.45, 2.75) is 52.0 Å². The van der Waals surface area contributed by atoms with Crippen molar-refractivity contribution in [1.29, 1.82) is 0 Å². The van der Waals surface area contributed by atoms with E-state index in [1.165, 1.54) is 19.3 Å². The second-order valence-corrected chi connectivity index (χ2v) is 6.85. The normalized spacial score (nSPS) is 16.8. The van der Waals surface area contributed by atoms with Gasteiger partial charge < -0.3 is 9.32 Å². The van der Waals surface area contributed by atoms with Crippen LogP contribution in [0.2, 0.25) is 0 Å². The Hall–Kier alpha value is -1.36. The van der Waals surface area contributed by atoms with Crippen molar-refractivity contribution in [3.63, 3.8) is 0 Å². The monoisotopic (exact) mass is 292 g/mol. The fourth-order valence-corrected chi connectivity index (χ4v) is 3.95. The van der Waals surface area contributed by atoms with Crippen molar-refractivity contribution in [2.75, 3.05) is 11.9 Å². The van der Waals surface area contributed by atoms with Gasteiger partial charge in [-0.2, -0.15) is 4.98 Å². The second kappa shape index (κ2) is 5.20. The SMILES string of the molecule is Cc1sc2nc(N(C)C3CCCCC3)oc(=O)c2c1C. The summed E-state index contributed by atoms with van der Waals surface area (Å²) in [4.78, 5) is 20.7. The molecule has 0 atom stereocenters. The van der Waals surface area contributed by atoms with E-state index in [0.29, 0.717) is 17.4 Å². The summed E-state index contributed by atoms with van der Waals surface area (Å²) in [6.07, 6.45) is 6.12. The maximum atomic E-state index is 12.2. The zero-order valence-electron chi connectivity index (χ0n) is 12.2. The lowest BCUT2D eigenvalue weighted by Crippen LogP contribution is -2.34. The highest BCUT2D eigenvalue weighted by atomic mass is 32.1. The summed E-state index contributed by atoms with van der Waals surface area (Å²) in [5, 5.41) is 0.647. The number of anilines is 1. The highest BCUT2D eigenvalue weighted by Gasteiger charge is 2.22. The zero-order chi connectivity index (χ0) is 14.3. The van der Waals surface area contributed by atoms with Crippen LogP contribution in [-0.2, 0) is 0 Å². The summed E-state index contributed by atoms with van der Waals surface area (Å²) >= 11 is 1.57. The molecule has 4 nitrogen and oxygen atoms in total. The fraction of sp³-hybridized carbons (Fsp3) is 0.600. The first-order valence-electron chi connectivity index (χ1n) is 7.21. The predicted octanol–water partition coefficient (Wildman–Crippen LogP) is 3.64. The van der Waals surface area contributed by atoms with Crippen LogP contribution in [0.15, 0.2) is 9.21 Å². The topological polar surface area (TPSA) is 46.3 Å². The number of hydrogen-bond acceptors (Lipinski definition) is 5. The molecule has 1 aliphatic carbocycles. The van der Waals surface area contributed by atoms with Gasteiger partial charge in [-0.25, -0.2) is 4.79 Å². The Bertz CT molecular complexity index is 683. The van der Waals surface area contributed by atoms with E-state index in [-0.39, 0.29) is 5.63 Å². The van der Waals surface area contributed by atoms with Gasteiger partial charge in [0.25, 0.3) is 0 Å². The van der Waals surface area contributed by atoms with Crippen LogP contribution in [-0.4, -0.2) is 18.1 Å². The zero-order valence-corrected chi connectivity index (χ0v) is 13.0. The standard InChI is InChI=1S/C15H20N2O2S/c1-9-10(2)20-13-12(9)14(18)19-15(16-13)17(3)11-7-5-4-6-8-11/h11H,4-8H2,1-3H3. The van der Waals surface area contributed by atoms with Crippen LogP contribution in [0.25, 0.3) is 10.2 Å². The summed E-state index contributed by atoms with van der Waals surface area (Å²) in [5.41, 5.74) is 0.743. The molecule has 0 aliphatic heterocycles. The molecule has 1 saturated carbocycles. The minimum absolute atomic E-state index is 0.255. The minimum atomic E-state index is -0.255. The van der Waals surface area contributed by atoms with Crippen molar-refractivity contribution in [1.82, 2.24) is 4.98 Å². The van der Waals surface area contributed by atoms with Crippen LogP contribution >= 0.6 is 11.3 Å². The molecule has 20 heavy (non-hydrogen) atoms. The van der Waals surface area contributed by atoms with Crippen molar-refractivity contribution < 1.29 is 4.42 Å². The van der Waals surface area contributed by atoms with Gasteiger partial charge in [0, 0.05) is 18.0 Å². The quantitative estimate of drug-likeness (QED) is 0.848. The van der Waals surface area contributed by atoms with Gasteiger partial charge in [-0.15, -0.1) is 11.3 Å². The lowest BCUT2D eigenvalue weighted by Gasteiger charge is -2.30. The maximum Gasteiger partial charge on any atom is 0.349 e. The number of nitrogens with zero attached hydrogens (tertiary/aromatic N) is 2. The van der Waals surface area contributed by atoms with Gasteiger partial charge in [0.1, 0.15) is 10.2 Å². The van der Waals surface area contributed by atoms with Crippen LogP contribution in [0.4, 0.5) is 6.01 Å². The molecule has 2 heterocycles. The van der Waals surface area contributed by atoms with Crippen LogP contribution in [0.5, 0.6) is 0 Å². The van der Waals surface area contributed by atoms with E-state index in [1.807, 2.05) is 25.8 Å².